The summed E-state index contributed by atoms with van der Waals surface area (Å²) in [6.07, 6.45) is 2.35. The maximum Gasteiger partial charge on any atom is 0.329 e. The van der Waals surface area contributed by atoms with Gasteiger partial charge in [0.1, 0.15) is 12.1 Å². The number of amides is 2. The summed E-state index contributed by atoms with van der Waals surface area (Å²) in [5, 5.41) is 17.6. The Morgan fingerprint density at radius 3 is 2.45 bits per heavy atom. The molecule has 0 aromatic heterocycles. The fraction of sp³-hybridized carbons (Fsp3) is 0.524. The molecule has 2 amide bonds. The molecule has 2 saturated heterocycles. The Morgan fingerprint density at radius 1 is 1.21 bits per heavy atom. The van der Waals surface area contributed by atoms with Crippen molar-refractivity contribution >= 4 is 17.8 Å². The van der Waals surface area contributed by atoms with Crippen molar-refractivity contribution < 1.29 is 24.2 Å². The first-order valence-electron chi connectivity index (χ1n) is 9.80. The van der Waals surface area contributed by atoms with E-state index in [0.29, 0.717) is 50.0 Å². The number of nitrogens with zero attached hydrogens (tertiary/aromatic N) is 3. The number of benzene rings is 1. The molecule has 2 heterocycles. The van der Waals surface area contributed by atoms with Gasteiger partial charge < -0.3 is 19.6 Å². The summed E-state index contributed by atoms with van der Waals surface area (Å²) in [5.74, 6) is -1.28. The highest BCUT2D eigenvalue weighted by Crippen LogP contribution is 2.33. The highest BCUT2D eigenvalue weighted by molar-refractivity contribution is 5.99. The van der Waals surface area contributed by atoms with Crippen molar-refractivity contribution in [2.24, 2.45) is 0 Å². The Bertz CT molecular complexity index is 824. The quantitative estimate of drug-likeness (QED) is 0.806. The number of piperidine rings is 1. The van der Waals surface area contributed by atoms with Crippen molar-refractivity contribution in [3.05, 3.63) is 35.4 Å². The molecule has 2 aliphatic heterocycles. The molecule has 1 aromatic carbocycles. The van der Waals surface area contributed by atoms with Gasteiger partial charge in [0, 0.05) is 25.2 Å². The van der Waals surface area contributed by atoms with E-state index in [1.807, 2.05) is 13.0 Å². The van der Waals surface area contributed by atoms with Gasteiger partial charge in [0.2, 0.25) is 5.91 Å². The minimum absolute atomic E-state index is 0.0753. The zero-order valence-corrected chi connectivity index (χ0v) is 16.5. The zero-order chi connectivity index (χ0) is 21.0. The molecule has 8 nitrogen and oxygen atoms in total. The van der Waals surface area contributed by atoms with Crippen LogP contribution in [-0.4, -0.2) is 70.6 Å². The van der Waals surface area contributed by atoms with Gasteiger partial charge in [-0.2, -0.15) is 5.26 Å². The van der Waals surface area contributed by atoms with Crippen LogP contribution in [0.1, 0.15) is 48.5 Å². The van der Waals surface area contributed by atoms with E-state index in [9.17, 15) is 14.4 Å². The summed E-state index contributed by atoms with van der Waals surface area (Å²) in [4.78, 5) is 40.4. The molecule has 0 radical (unpaired) electrons. The monoisotopic (exact) mass is 399 g/mol. The second-order valence-corrected chi connectivity index (χ2v) is 7.72. The van der Waals surface area contributed by atoms with E-state index in [2.05, 4.69) is 0 Å². The average molecular weight is 399 g/mol. The molecule has 8 heteroatoms. The number of hydrogen-bond acceptors (Lipinski definition) is 5. The molecule has 0 aliphatic carbocycles. The van der Waals surface area contributed by atoms with E-state index >= 15 is 0 Å². The van der Waals surface area contributed by atoms with Crippen LogP contribution >= 0.6 is 0 Å². The fourth-order valence-corrected chi connectivity index (χ4v) is 4.11. The molecule has 1 aromatic rings. The van der Waals surface area contributed by atoms with Crippen molar-refractivity contribution in [1.29, 1.82) is 5.26 Å². The number of carbonyl (C=O) groups excluding carboxylic acids is 2. The molecular formula is C21H25N3O5. The molecule has 0 unspecified atom stereocenters. The van der Waals surface area contributed by atoms with Crippen LogP contribution in [0.5, 0.6) is 0 Å². The minimum atomic E-state index is -1.00. The normalized spacial score (nSPS) is 22.3. The molecular weight excluding hydrogens is 374 g/mol. The van der Waals surface area contributed by atoms with Crippen molar-refractivity contribution in [3.8, 4) is 6.07 Å². The second kappa shape index (κ2) is 8.62. The predicted molar refractivity (Wildman–Crippen MR) is 103 cm³/mol. The van der Waals surface area contributed by atoms with E-state index in [1.165, 1.54) is 0 Å². The van der Waals surface area contributed by atoms with Crippen LogP contribution in [0.4, 0.5) is 0 Å². The van der Waals surface area contributed by atoms with Crippen LogP contribution in [0.2, 0.25) is 0 Å². The fourth-order valence-electron chi connectivity index (χ4n) is 4.11. The molecule has 0 bridgehead atoms. The summed E-state index contributed by atoms with van der Waals surface area (Å²) in [5.41, 5.74) is 0.0419. The highest BCUT2D eigenvalue weighted by Gasteiger charge is 2.48. The van der Waals surface area contributed by atoms with Gasteiger partial charge in [-0.1, -0.05) is 0 Å². The van der Waals surface area contributed by atoms with Crippen molar-refractivity contribution in [2.45, 2.75) is 44.2 Å². The molecule has 0 saturated carbocycles. The van der Waals surface area contributed by atoms with Crippen molar-refractivity contribution in [3.63, 3.8) is 0 Å². The van der Waals surface area contributed by atoms with Gasteiger partial charge in [0.25, 0.3) is 5.91 Å². The molecule has 1 atom stereocenters. The van der Waals surface area contributed by atoms with Crippen LogP contribution < -0.4 is 0 Å². The molecule has 2 fully saturated rings. The number of carboxylic acids is 1. The number of ether oxygens (including phenoxy) is 1. The predicted octanol–water partition coefficient (Wildman–Crippen LogP) is 1.65. The third-order valence-corrected chi connectivity index (χ3v) is 5.78. The molecule has 154 valence electrons. The lowest BCUT2D eigenvalue weighted by atomic mass is 9.94. The summed E-state index contributed by atoms with van der Waals surface area (Å²) < 4.78 is 5.33. The van der Waals surface area contributed by atoms with Gasteiger partial charge in [-0.15, -0.1) is 0 Å². The van der Waals surface area contributed by atoms with Gasteiger partial charge in [-0.05, 0) is 56.9 Å². The van der Waals surface area contributed by atoms with Gasteiger partial charge in [-0.25, -0.2) is 4.79 Å². The van der Waals surface area contributed by atoms with Gasteiger partial charge in [-0.3, -0.25) is 9.59 Å². The SMILES string of the molecule is C[C@@]1(C(=O)N2CCC(OCC(=O)O)CC2)CCCN1C(=O)c1ccc(C#N)cc1. The highest BCUT2D eigenvalue weighted by atomic mass is 16.5. The van der Waals surface area contributed by atoms with Crippen LogP contribution in [0.25, 0.3) is 0 Å². The summed E-state index contributed by atoms with van der Waals surface area (Å²) in [6, 6.07) is 8.47. The number of aliphatic carboxylic acids is 1. The summed E-state index contributed by atoms with van der Waals surface area (Å²) >= 11 is 0. The van der Waals surface area contributed by atoms with Crippen molar-refractivity contribution in [2.75, 3.05) is 26.2 Å². The topological polar surface area (TPSA) is 111 Å². The number of likely N-dealkylation sites (tertiary alicyclic amines) is 2. The Labute approximate surface area is 169 Å². The van der Waals surface area contributed by atoms with Crippen LogP contribution in [0, 0.1) is 11.3 Å². The molecule has 29 heavy (non-hydrogen) atoms. The number of carboxylic acid groups (broad SMARTS) is 1. The largest absolute Gasteiger partial charge is 0.480 e. The van der Waals surface area contributed by atoms with E-state index < -0.39 is 11.5 Å². The maximum absolute atomic E-state index is 13.3. The van der Waals surface area contributed by atoms with Crippen LogP contribution in [0.15, 0.2) is 24.3 Å². The van der Waals surface area contributed by atoms with Gasteiger partial charge in [0.05, 0.1) is 17.7 Å². The molecule has 0 spiro atoms. The van der Waals surface area contributed by atoms with Crippen molar-refractivity contribution in [1.82, 2.24) is 9.80 Å². The second-order valence-electron chi connectivity index (χ2n) is 7.72. The van der Waals surface area contributed by atoms with Gasteiger partial charge >= 0.3 is 5.97 Å². The number of rotatable bonds is 5. The first-order valence-corrected chi connectivity index (χ1v) is 9.80. The number of nitriles is 1. The standard InChI is InChI=1S/C21H25N3O5/c1-21(20(28)23-11-7-17(8-12-23)29-14-18(25)26)9-2-10-24(21)19(27)16-5-3-15(13-22)4-6-16/h3-6,17H,2,7-12,14H2,1H3,(H,25,26)/t21-/m0/s1. The smallest absolute Gasteiger partial charge is 0.329 e. The van der Waals surface area contributed by atoms with E-state index in [0.717, 1.165) is 6.42 Å². The Balaban J connectivity index is 1.66. The lowest BCUT2D eigenvalue weighted by molar-refractivity contribution is -0.149. The third kappa shape index (κ3) is 4.40. The van der Waals surface area contributed by atoms with Crippen LogP contribution in [-0.2, 0) is 14.3 Å². The Hall–Kier alpha value is -2.92. The zero-order valence-electron chi connectivity index (χ0n) is 16.5. The van der Waals surface area contributed by atoms with Gasteiger partial charge in [0.15, 0.2) is 0 Å². The number of hydrogen-bond donors (Lipinski definition) is 1. The van der Waals surface area contributed by atoms with E-state index in [1.54, 1.807) is 34.1 Å². The molecule has 2 aliphatic rings. The summed E-state index contributed by atoms with van der Waals surface area (Å²) in [7, 11) is 0. The lowest BCUT2D eigenvalue weighted by Gasteiger charge is -2.40. The lowest BCUT2D eigenvalue weighted by Crippen LogP contribution is -2.58. The Morgan fingerprint density at radius 2 is 1.86 bits per heavy atom. The van der Waals surface area contributed by atoms with E-state index in [-0.39, 0.29) is 24.5 Å². The Kier molecular flexibility index (Phi) is 6.18. The minimum Gasteiger partial charge on any atom is -0.480 e. The first-order chi connectivity index (χ1) is 13.8. The average Bonchev–Trinajstić information content (AvgIpc) is 3.14. The number of carbonyl (C=O) groups is 3. The summed E-state index contributed by atoms with van der Waals surface area (Å²) in [6.45, 7) is 2.97. The van der Waals surface area contributed by atoms with E-state index in [4.69, 9.17) is 15.1 Å². The van der Waals surface area contributed by atoms with Crippen LogP contribution in [0.3, 0.4) is 0 Å². The molecule has 1 N–H and O–H groups in total. The maximum atomic E-state index is 13.3. The molecule has 3 rings (SSSR count). The third-order valence-electron chi connectivity index (χ3n) is 5.78. The first kappa shape index (κ1) is 20.8.